The predicted octanol–water partition coefficient (Wildman–Crippen LogP) is 2.13. The molecule has 7 heteroatoms. The van der Waals surface area contributed by atoms with Crippen LogP contribution in [0.1, 0.15) is 5.56 Å². The Morgan fingerprint density at radius 3 is 2.50 bits per heavy atom. The van der Waals surface area contributed by atoms with E-state index in [4.69, 9.17) is 18.0 Å². The van der Waals surface area contributed by atoms with Gasteiger partial charge in [0.05, 0.1) is 11.8 Å². The predicted molar refractivity (Wildman–Crippen MR) is 67.6 cm³/mol. The monoisotopic (exact) mass is 266 g/mol. The van der Waals surface area contributed by atoms with Gasteiger partial charge in [0.2, 0.25) is 0 Å². The number of nitrogens with two attached hydrogens (primary N) is 1. The largest absolute Gasteiger partial charge is 0.389 e. The minimum absolute atomic E-state index is 0.115. The van der Waals surface area contributed by atoms with E-state index in [1.54, 1.807) is 6.07 Å². The van der Waals surface area contributed by atoms with Crippen molar-refractivity contribution < 1.29 is 8.78 Å². The Morgan fingerprint density at radius 1 is 1.22 bits per heavy atom. The third-order valence-electron chi connectivity index (χ3n) is 2.11. The van der Waals surface area contributed by atoms with Crippen LogP contribution in [0.2, 0.25) is 0 Å². The summed E-state index contributed by atoms with van der Waals surface area (Å²) in [7, 11) is 0. The number of anilines is 2. The number of nitrogens with one attached hydrogen (secondary N) is 1. The number of rotatable bonds is 3. The van der Waals surface area contributed by atoms with Crippen LogP contribution in [0.3, 0.4) is 0 Å². The number of nitrogens with zero attached hydrogens (tertiary/aromatic N) is 2. The average molecular weight is 266 g/mol. The fraction of sp³-hybridized carbons (Fsp3) is 0. The normalized spacial score (nSPS) is 10.1. The Balaban J connectivity index is 2.37. The molecule has 0 saturated carbocycles. The molecule has 0 fully saturated rings. The van der Waals surface area contributed by atoms with Crippen molar-refractivity contribution in [3.05, 3.63) is 47.7 Å². The third-order valence-corrected chi connectivity index (χ3v) is 2.33. The molecule has 0 amide bonds. The molecule has 0 saturated heterocycles. The maximum absolute atomic E-state index is 13.0. The number of benzene rings is 1. The summed E-state index contributed by atoms with van der Waals surface area (Å²) in [5.74, 6) is -1.15. The summed E-state index contributed by atoms with van der Waals surface area (Å²) in [6.07, 6.45) is 1.42. The van der Waals surface area contributed by atoms with Crippen molar-refractivity contribution in [3.8, 4) is 0 Å². The lowest BCUT2D eigenvalue weighted by atomic mass is 10.2. The van der Waals surface area contributed by atoms with Crippen molar-refractivity contribution in [2.24, 2.45) is 5.73 Å². The second-order valence-electron chi connectivity index (χ2n) is 3.44. The molecule has 2 aromatic rings. The van der Waals surface area contributed by atoms with Crippen LogP contribution >= 0.6 is 12.2 Å². The topological polar surface area (TPSA) is 63.8 Å². The molecule has 0 spiro atoms. The van der Waals surface area contributed by atoms with Crippen LogP contribution in [0.5, 0.6) is 0 Å². The highest BCUT2D eigenvalue weighted by molar-refractivity contribution is 7.80. The van der Waals surface area contributed by atoms with Crippen LogP contribution in [-0.2, 0) is 0 Å². The molecular weight excluding hydrogens is 258 g/mol. The van der Waals surface area contributed by atoms with Gasteiger partial charge in [-0.2, -0.15) is 5.10 Å². The van der Waals surface area contributed by atoms with Crippen molar-refractivity contribution >= 4 is 28.7 Å². The molecule has 0 radical (unpaired) electrons. The van der Waals surface area contributed by atoms with Gasteiger partial charge >= 0.3 is 0 Å². The van der Waals surface area contributed by atoms with Gasteiger partial charge in [-0.05, 0) is 18.2 Å². The molecule has 0 aliphatic heterocycles. The van der Waals surface area contributed by atoms with Gasteiger partial charge in [0, 0.05) is 11.8 Å². The minimum Gasteiger partial charge on any atom is -0.389 e. The first-order valence-electron chi connectivity index (χ1n) is 4.91. The summed E-state index contributed by atoms with van der Waals surface area (Å²) in [4.78, 5) is 0.115. The SMILES string of the molecule is NC(=S)c1ccnnc1Nc1cc(F)cc(F)c1. The highest BCUT2D eigenvalue weighted by Crippen LogP contribution is 2.19. The van der Waals surface area contributed by atoms with Crippen LogP contribution in [-0.4, -0.2) is 15.2 Å². The zero-order valence-electron chi connectivity index (χ0n) is 9.02. The first kappa shape index (κ1) is 12.3. The van der Waals surface area contributed by atoms with Gasteiger partial charge in [-0.25, -0.2) is 8.78 Å². The Kier molecular flexibility index (Phi) is 3.42. The van der Waals surface area contributed by atoms with Crippen LogP contribution in [0.4, 0.5) is 20.3 Å². The molecule has 18 heavy (non-hydrogen) atoms. The highest BCUT2D eigenvalue weighted by Gasteiger charge is 2.08. The number of thiocarbonyl (C=S) groups is 1. The molecule has 92 valence electrons. The van der Waals surface area contributed by atoms with Gasteiger partial charge in [0.15, 0.2) is 5.82 Å². The lowest BCUT2D eigenvalue weighted by molar-refractivity contribution is 0.584. The quantitative estimate of drug-likeness (QED) is 0.833. The fourth-order valence-electron chi connectivity index (χ4n) is 1.39. The van der Waals surface area contributed by atoms with Crippen molar-refractivity contribution in [1.29, 1.82) is 0 Å². The molecule has 0 atom stereocenters. The van der Waals surface area contributed by atoms with Crippen molar-refractivity contribution in [2.75, 3.05) is 5.32 Å². The van der Waals surface area contributed by atoms with E-state index in [0.29, 0.717) is 5.56 Å². The van der Waals surface area contributed by atoms with E-state index < -0.39 is 11.6 Å². The molecule has 0 aliphatic rings. The lowest BCUT2D eigenvalue weighted by Crippen LogP contribution is -2.13. The smallest absolute Gasteiger partial charge is 0.163 e. The molecule has 0 bridgehead atoms. The first-order chi connectivity index (χ1) is 8.56. The molecule has 4 nitrogen and oxygen atoms in total. The number of halogens is 2. The van der Waals surface area contributed by atoms with Crippen LogP contribution in [0, 0.1) is 11.6 Å². The molecule has 1 heterocycles. The summed E-state index contributed by atoms with van der Waals surface area (Å²) >= 11 is 4.84. The van der Waals surface area contributed by atoms with Gasteiger partial charge < -0.3 is 11.1 Å². The van der Waals surface area contributed by atoms with E-state index in [1.165, 1.54) is 6.20 Å². The van der Waals surface area contributed by atoms with E-state index >= 15 is 0 Å². The average Bonchev–Trinajstić information content (AvgIpc) is 2.27. The summed E-state index contributed by atoms with van der Waals surface area (Å²) in [6.45, 7) is 0. The number of hydrogen-bond donors (Lipinski definition) is 2. The van der Waals surface area contributed by atoms with Crippen molar-refractivity contribution in [3.63, 3.8) is 0 Å². The summed E-state index contributed by atoms with van der Waals surface area (Å²) < 4.78 is 26.0. The Labute approximate surface area is 107 Å². The van der Waals surface area contributed by atoms with Crippen molar-refractivity contribution in [2.45, 2.75) is 0 Å². The Bertz CT molecular complexity index is 583. The van der Waals surface area contributed by atoms with E-state index in [-0.39, 0.29) is 16.5 Å². The van der Waals surface area contributed by atoms with Gasteiger partial charge in [0.1, 0.15) is 16.6 Å². The molecule has 2 rings (SSSR count). The fourth-order valence-corrected chi connectivity index (χ4v) is 1.55. The Hall–Kier alpha value is -2.15. The third kappa shape index (κ3) is 2.75. The van der Waals surface area contributed by atoms with Gasteiger partial charge in [-0.3, -0.25) is 0 Å². The zero-order chi connectivity index (χ0) is 13.1. The standard InChI is InChI=1S/C11H8F2N4S/c12-6-3-7(13)5-8(4-6)16-11-9(10(14)18)1-2-15-17-11/h1-5H,(H2,14,18)(H,16,17). The summed E-state index contributed by atoms with van der Waals surface area (Å²) in [5, 5.41) is 10.1. The number of aromatic nitrogens is 2. The zero-order valence-corrected chi connectivity index (χ0v) is 9.84. The molecule has 1 aromatic heterocycles. The lowest BCUT2D eigenvalue weighted by Gasteiger charge is -2.09. The summed E-state index contributed by atoms with van der Waals surface area (Å²) in [5.41, 5.74) is 6.15. The van der Waals surface area contributed by atoms with E-state index in [9.17, 15) is 8.78 Å². The van der Waals surface area contributed by atoms with E-state index in [1.807, 2.05) is 0 Å². The molecule has 0 aliphatic carbocycles. The van der Waals surface area contributed by atoms with Gasteiger partial charge in [-0.15, -0.1) is 5.10 Å². The van der Waals surface area contributed by atoms with E-state index in [2.05, 4.69) is 15.5 Å². The molecule has 1 aromatic carbocycles. The Morgan fingerprint density at radius 2 is 1.89 bits per heavy atom. The number of hydrogen-bond acceptors (Lipinski definition) is 4. The van der Waals surface area contributed by atoms with Crippen LogP contribution in [0.25, 0.3) is 0 Å². The highest BCUT2D eigenvalue weighted by atomic mass is 32.1. The second kappa shape index (κ2) is 5.01. The minimum atomic E-state index is -0.696. The van der Waals surface area contributed by atoms with Crippen LogP contribution in [0.15, 0.2) is 30.5 Å². The first-order valence-corrected chi connectivity index (χ1v) is 5.31. The van der Waals surface area contributed by atoms with Crippen LogP contribution < -0.4 is 11.1 Å². The van der Waals surface area contributed by atoms with Gasteiger partial charge in [-0.1, -0.05) is 12.2 Å². The second-order valence-corrected chi connectivity index (χ2v) is 3.88. The molecule has 0 unspecified atom stereocenters. The summed E-state index contributed by atoms with van der Waals surface area (Å²) in [6, 6.07) is 4.59. The molecular formula is C11H8F2N4S. The van der Waals surface area contributed by atoms with E-state index in [0.717, 1.165) is 18.2 Å². The van der Waals surface area contributed by atoms with Crippen molar-refractivity contribution in [1.82, 2.24) is 10.2 Å². The maximum atomic E-state index is 13.0. The maximum Gasteiger partial charge on any atom is 0.163 e. The molecule has 3 N–H and O–H groups in total. The van der Waals surface area contributed by atoms with Gasteiger partial charge in [0.25, 0.3) is 0 Å².